The zero-order valence-electron chi connectivity index (χ0n) is 11.2. The number of benzene rings is 1. The normalized spacial score (nSPS) is 12.8. The molecule has 3 rings (SSSR count). The van der Waals surface area contributed by atoms with Gasteiger partial charge in [-0.05, 0) is 13.0 Å². The molecule has 0 aliphatic rings. The quantitative estimate of drug-likeness (QED) is 0.762. The Bertz CT molecular complexity index is 828. The van der Waals surface area contributed by atoms with Crippen molar-refractivity contribution >= 4 is 23.1 Å². The summed E-state index contributed by atoms with van der Waals surface area (Å²) in [5.41, 5.74) is 13.8. The molecular formula is C14H13ClFN5. The van der Waals surface area contributed by atoms with Gasteiger partial charge in [0.2, 0.25) is 0 Å². The first kappa shape index (κ1) is 13.8. The minimum Gasteiger partial charge on any atom is -0.381 e. The maximum Gasteiger partial charge on any atom is 0.180 e. The first-order valence-electron chi connectivity index (χ1n) is 6.32. The molecule has 0 radical (unpaired) electrons. The van der Waals surface area contributed by atoms with Crippen molar-refractivity contribution in [2.45, 2.75) is 13.0 Å². The largest absolute Gasteiger partial charge is 0.381 e. The number of hydrogen-bond acceptors (Lipinski definition) is 4. The van der Waals surface area contributed by atoms with E-state index in [0.29, 0.717) is 22.5 Å². The Morgan fingerprint density at radius 3 is 2.81 bits per heavy atom. The average Bonchev–Trinajstić information content (AvgIpc) is 2.82. The molecule has 0 fully saturated rings. The van der Waals surface area contributed by atoms with Gasteiger partial charge in [-0.25, -0.2) is 14.4 Å². The van der Waals surface area contributed by atoms with Gasteiger partial charge in [-0.2, -0.15) is 0 Å². The smallest absolute Gasteiger partial charge is 0.180 e. The van der Waals surface area contributed by atoms with E-state index in [-0.39, 0.29) is 22.8 Å². The fourth-order valence-corrected chi connectivity index (χ4v) is 2.44. The lowest BCUT2D eigenvalue weighted by Gasteiger charge is -2.09. The molecule has 3 aromatic rings. The Labute approximate surface area is 125 Å². The minimum absolute atomic E-state index is 0.224. The van der Waals surface area contributed by atoms with Gasteiger partial charge in [0, 0.05) is 23.4 Å². The van der Waals surface area contributed by atoms with Gasteiger partial charge < -0.3 is 11.5 Å². The van der Waals surface area contributed by atoms with E-state index in [4.69, 9.17) is 23.1 Å². The van der Waals surface area contributed by atoms with Crippen LogP contribution >= 0.6 is 11.6 Å². The van der Waals surface area contributed by atoms with Crippen LogP contribution in [0.2, 0.25) is 5.15 Å². The molecule has 0 aliphatic carbocycles. The van der Waals surface area contributed by atoms with Gasteiger partial charge in [0.25, 0.3) is 0 Å². The van der Waals surface area contributed by atoms with Crippen molar-refractivity contribution in [3.63, 3.8) is 0 Å². The molecule has 0 saturated carbocycles. The molecule has 5 nitrogen and oxygen atoms in total. The highest BCUT2D eigenvalue weighted by atomic mass is 35.5. The van der Waals surface area contributed by atoms with E-state index in [1.54, 1.807) is 35.9 Å². The molecule has 1 atom stereocenters. The standard InChI is InChI=1S/C14H13ClFN5/c1-7(17)9-3-2-8(4-10(9)16)11-5-19-14-13(18)20-12(15)6-21(11)14/h2-7H,17H2,1H3,(H2,18,20). The van der Waals surface area contributed by atoms with Crippen LogP contribution in [0.1, 0.15) is 18.5 Å². The van der Waals surface area contributed by atoms with E-state index in [0.717, 1.165) is 0 Å². The van der Waals surface area contributed by atoms with E-state index < -0.39 is 0 Å². The molecule has 2 heterocycles. The zero-order valence-corrected chi connectivity index (χ0v) is 12.0. The Hall–Kier alpha value is -2.18. The number of rotatable bonds is 2. The number of hydrogen-bond donors (Lipinski definition) is 2. The first-order chi connectivity index (χ1) is 9.97. The number of nitrogen functional groups attached to an aromatic ring is 1. The van der Waals surface area contributed by atoms with Crippen LogP contribution in [0.5, 0.6) is 0 Å². The van der Waals surface area contributed by atoms with Gasteiger partial charge >= 0.3 is 0 Å². The Kier molecular flexibility index (Phi) is 3.27. The van der Waals surface area contributed by atoms with E-state index >= 15 is 0 Å². The van der Waals surface area contributed by atoms with Gasteiger partial charge in [-0.3, -0.25) is 4.40 Å². The summed E-state index contributed by atoms with van der Waals surface area (Å²) in [5.74, 6) is -0.132. The first-order valence-corrected chi connectivity index (χ1v) is 6.69. The summed E-state index contributed by atoms with van der Waals surface area (Å²) >= 11 is 5.91. The minimum atomic E-state index is -0.365. The monoisotopic (exact) mass is 305 g/mol. The van der Waals surface area contributed by atoms with E-state index in [9.17, 15) is 4.39 Å². The van der Waals surface area contributed by atoms with Crippen LogP contribution in [-0.2, 0) is 0 Å². The number of halogens is 2. The van der Waals surface area contributed by atoms with Gasteiger partial charge in [-0.15, -0.1) is 0 Å². The van der Waals surface area contributed by atoms with Crippen LogP contribution in [-0.4, -0.2) is 14.4 Å². The summed E-state index contributed by atoms with van der Waals surface area (Å²) in [6.07, 6.45) is 3.19. The molecule has 0 bridgehead atoms. The van der Waals surface area contributed by atoms with Crippen molar-refractivity contribution in [2.24, 2.45) is 5.73 Å². The van der Waals surface area contributed by atoms with Crippen LogP contribution in [0.15, 0.2) is 30.6 Å². The van der Waals surface area contributed by atoms with Crippen molar-refractivity contribution in [2.75, 3.05) is 5.73 Å². The number of imidazole rings is 1. The summed E-state index contributed by atoms with van der Waals surface area (Å²) in [7, 11) is 0. The lowest BCUT2D eigenvalue weighted by molar-refractivity contribution is 0.594. The maximum atomic E-state index is 14.1. The van der Waals surface area contributed by atoms with Crippen LogP contribution in [0.4, 0.5) is 10.2 Å². The van der Waals surface area contributed by atoms with Gasteiger partial charge in [0.05, 0.1) is 11.9 Å². The average molecular weight is 306 g/mol. The molecule has 1 unspecified atom stereocenters. The molecular weight excluding hydrogens is 293 g/mol. The number of aromatic nitrogens is 3. The highest BCUT2D eigenvalue weighted by Gasteiger charge is 2.13. The van der Waals surface area contributed by atoms with Crippen molar-refractivity contribution < 1.29 is 4.39 Å². The number of nitrogens with two attached hydrogens (primary N) is 2. The Balaban J connectivity index is 2.19. The summed E-state index contributed by atoms with van der Waals surface area (Å²) in [5, 5.41) is 0.243. The molecule has 0 amide bonds. The number of fused-ring (bicyclic) bond motifs is 1. The molecule has 21 heavy (non-hydrogen) atoms. The van der Waals surface area contributed by atoms with Crippen LogP contribution < -0.4 is 11.5 Å². The molecule has 0 saturated heterocycles. The summed E-state index contributed by atoms with van der Waals surface area (Å²) in [6, 6.07) is 4.51. The second-order valence-electron chi connectivity index (χ2n) is 4.81. The maximum absolute atomic E-state index is 14.1. The lowest BCUT2D eigenvalue weighted by Crippen LogP contribution is -2.07. The number of nitrogens with zero attached hydrogens (tertiary/aromatic N) is 3. The van der Waals surface area contributed by atoms with Gasteiger partial charge in [-0.1, -0.05) is 23.7 Å². The second kappa shape index (κ2) is 4.98. The molecule has 7 heteroatoms. The van der Waals surface area contributed by atoms with E-state index in [2.05, 4.69) is 9.97 Å². The molecule has 0 spiro atoms. The van der Waals surface area contributed by atoms with E-state index in [1.165, 1.54) is 6.07 Å². The third-order valence-corrected chi connectivity index (χ3v) is 3.46. The topological polar surface area (TPSA) is 82.2 Å². The second-order valence-corrected chi connectivity index (χ2v) is 5.20. The predicted octanol–water partition coefficient (Wildman–Crippen LogP) is 2.79. The summed E-state index contributed by atoms with van der Waals surface area (Å²) in [4.78, 5) is 8.13. The van der Waals surface area contributed by atoms with Crippen molar-refractivity contribution in [1.82, 2.24) is 14.4 Å². The third-order valence-electron chi connectivity index (χ3n) is 3.28. The summed E-state index contributed by atoms with van der Waals surface area (Å²) < 4.78 is 15.8. The Morgan fingerprint density at radius 2 is 2.14 bits per heavy atom. The molecule has 2 aromatic heterocycles. The lowest BCUT2D eigenvalue weighted by atomic mass is 10.0. The number of anilines is 1. The SMILES string of the molecule is CC(N)c1ccc(-c2cnc3c(N)nc(Cl)cn23)cc1F. The Morgan fingerprint density at radius 1 is 1.38 bits per heavy atom. The molecule has 4 N–H and O–H groups in total. The van der Waals surface area contributed by atoms with Gasteiger partial charge in [0.15, 0.2) is 11.5 Å². The molecule has 1 aromatic carbocycles. The fraction of sp³-hybridized carbons (Fsp3) is 0.143. The third kappa shape index (κ3) is 2.32. The molecule has 108 valence electrons. The van der Waals surface area contributed by atoms with Crippen LogP contribution in [0, 0.1) is 5.82 Å². The van der Waals surface area contributed by atoms with Crippen LogP contribution in [0.3, 0.4) is 0 Å². The summed E-state index contributed by atoms with van der Waals surface area (Å²) in [6.45, 7) is 1.73. The van der Waals surface area contributed by atoms with Crippen molar-refractivity contribution in [3.05, 3.63) is 47.1 Å². The highest BCUT2D eigenvalue weighted by Crippen LogP contribution is 2.27. The van der Waals surface area contributed by atoms with E-state index in [1.807, 2.05) is 0 Å². The molecule has 0 aliphatic heterocycles. The fourth-order valence-electron chi connectivity index (χ4n) is 2.25. The van der Waals surface area contributed by atoms with Crippen molar-refractivity contribution in [3.8, 4) is 11.3 Å². The van der Waals surface area contributed by atoms with Crippen molar-refractivity contribution in [1.29, 1.82) is 0 Å². The zero-order chi connectivity index (χ0) is 15.1. The predicted molar refractivity (Wildman–Crippen MR) is 80.4 cm³/mol. The van der Waals surface area contributed by atoms with Crippen LogP contribution in [0.25, 0.3) is 16.9 Å². The van der Waals surface area contributed by atoms with Gasteiger partial charge in [0.1, 0.15) is 11.0 Å². The highest BCUT2D eigenvalue weighted by molar-refractivity contribution is 6.29.